The average molecular weight is 631 g/mol. The van der Waals surface area contributed by atoms with Gasteiger partial charge in [-0.05, 0) is 73.8 Å². The van der Waals surface area contributed by atoms with Crippen LogP contribution >= 0.6 is 0 Å². The first kappa shape index (κ1) is 27.6. The molecule has 1 aromatic heterocycles. The van der Waals surface area contributed by atoms with E-state index < -0.39 is 6.17 Å². The van der Waals surface area contributed by atoms with Crippen molar-refractivity contribution >= 4 is 60.5 Å². The van der Waals surface area contributed by atoms with Gasteiger partial charge in [-0.1, -0.05) is 115 Å². The van der Waals surface area contributed by atoms with E-state index in [1.165, 1.54) is 26.9 Å². The Bertz CT molecular complexity index is 2620. The van der Waals surface area contributed by atoms with Crippen molar-refractivity contribution in [1.82, 2.24) is 10.6 Å². The number of nitrogens with zero attached hydrogens (tertiary/aromatic N) is 2. The molecule has 0 amide bonds. The van der Waals surface area contributed by atoms with Crippen molar-refractivity contribution in [3.8, 4) is 0 Å². The number of fused-ring (bicyclic) bond motifs is 6. The Balaban J connectivity index is 1.17. The first-order valence-electron chi connectivity index (χ1n) is 16.6. The molecule has 49 heavy (non-hydrogen) atoms. The van der Waals surface area contributed by atoms with E-state index in [1.54, 1.807) is 0 Å². The van der Waals surface area contributed by atoms with Crippen molar-refractivity contribution in [3.05, 3.63) is 185 Å². The summed E-state index contributed by atoms with van der Waals surface area (Å²) in [6, 6.07) is 51.3. The molecule has 2 aliphatic heterocycles. The van der Waals surface area contributed by atoms with Crippen LogP contribution in [0, 0.1) is 0 Å². The lowest BCUT2D eigenvalue weighted by Gasteiger charge is -2.24. The van der Waals surface area contributed by atoms with E-state index in [-0.39, 0.29) is 0 Å². The monoisotopic (exact) mass is 630 g/mol. The van der Waals surface area contributed by atoms with E-state index in [9.17, 15) is 0 Å². The predicted molar refractivity (Wildman–Crippen MR) is 201 cm³/mol. The minimum Gasteiger partial charge on any atom is -0.459 e. The van der Waals surface area contributed by atoms with Crippen molar-refractivity contribution in [2.75, 3.05) is 0 Å². The summed E-state index contributed by atoms with van der Waals surface area (Å²) in [7, 11) is 0. The fourth-order valence-corrected chi connectivity index (χ4v) is 7.32. The van der Waals surface area contributed by atoms with Crippen LogP contribution in [-0.4, -0.2) is 11.7 Å². The first-order valence-corrected chi connectivity index (χ1v) is 16.6. The topological polar surface area (TPSA) is 61.9 Å². The highest BCUT2D eigenvalue weighted by Crippen LogP contribution is 2.41. The summed E-state index contributed by atoms with van der Waals surface area (Å²) >= 11 is 0. The van der Waals surface area contributed by atoms with Gasteiger partial charge in [0.2, 0.25) is 0 Å². The summed E-state index contributed by atoms with van der Waals surface area (Å²) in [4.78, 5) is 10.6. The average Bonchev–Trinajstić information content (AvgIpc) is 3.56. The van der Waals surface area contributed by atoms with Gasteiger partial charge in [0.1, 0.15) is 23.0 Å². The number of hydrogen-bond donors (Lipinski definition) is 2. The summed E-state index contributed by atoms with van der Waals surface area (Å²) in [5, 5.41) is 15.3. The summed E-state index contributed by atoms with van der Waals surface area (Å²) in [6.45, 7) is 0.651. The van der Waals surface area contributed by atoms with Crippen molar-refractivity contribution in [2.24, 2.45) is 9.98 Å². The van der Waals surface area contributed by atoms with E-state index in [4.69, 9.17) is 14.4 Å². The molecule has 2 aliphatic rings. The van der Waals surface area contributed by atoms with Crippen LogP contribution in [0.1, 0.15) is 39.7 Å². The van der Waals surface area contributed by atoms with Gasteiger partial charge in [-0.15, -0.1) is 0 Å². The van der Waals surface area contributed by atoms with Crippen molar-refractivity contribution < 1.29 is 4.42 Å². The van der Waals surface area contributed by atoms with E-state index in [0.29, 0.717) is 6.54 Å². The second-order valence-corrected chi connectivity index (χ2v) is 12.7. The number of amidine groups is 2. The Morgan fingerprint density at radius 1 is 0.551 bits per heavy atom. The highest BCUT2D eigenvalue weighted by atomic mass is 16.3. The Morgan fingerprint density at radius 2 is 1.14 bits per heavy atom. The third kappa shape index (κ3) is 4.70. The minimum absolute atomic E-state index is 0.467. The molecular formula is C44H30N4O. The fraction of sp³-hybridized carbons (Fsp3) is 0.0455. The van der Waals surface area contributed by atoms with E-state index in [1.807, 2.05) is 12.1 Å². The maximum absolute atomic E-state index is 6.33. The molecule has 0 radical (unpaired) electrons. The van der Waals surface area contributed by atoms with Gasteiger partial charge < -0.3 is 15.1 Å². The van der Waals surface area contributed by atoms with Gasteiger partial charge in [0.15, 0.2) is 6.17 Å². The van der Waals surface area contributed by atoms with Gasteiger partial charge >= 0.3 is 0 Å². The van der Waals surface area contributed by atoms with E-state index in [2.05, 4.69) is 150 Å². The second-order valence-electron chi connectivity index (χ2n) is 12.7. The number of benzene rings is 7. The molecule has 8 aromatic rings. The molecule has 0 spiro atoms. The molecule has 232 valence electrons. The van der Waals surface area contributed by atoms with Crippen molar-refractivity contribution in [1.29, 1.82) is 0 Å². The summed E-state index contributed by atoms with van der Waals surface area (Å²) < 4.78 is 6.33. The van der Waals surface area contributed by atoms with Crippen LogP contribution in [0.2, 0.25) is 0 Å². The van der Waals surface area contributed by atoms with E-state index >= 15 is 0 Å². The first-order chi connectivity index (χ1) is 24.2. The second kappa shape index (κ2) is 11.1. The Kier molecular flexibility index (Phi) is 6.24. The molecule has 0 saturated heterocycles. The number of rotatable bonds is 4. The van der Waals surface area contributed by atoms with Crippen molar-refractivity contribution in [2.45, 2.75) is 12.7 Å². The van der Waals surface area contributed by atoms with Gasteiger partial charge in [0.05, 0.1) is 6.54 Å². The van der Waals surface area contributed by atoms with Gasteiger partial charge in [0.25, 0.3) is 0 Å². The molecule has 10 rings (SSSR count). The van der Waals surface area contributed by atoms with Gasteiger partial charge in [0, 0.05) is 33.8 Å². The Morgan fingerprint density at radius 3 is 1.84 bits per heavy atom. The summed E-state index contributed by atoms with van der Waals surface area (Å²) in [5.74, 6) is 2.54. The van der Waals surface area contributed by atoms with Crippen LogP contribution in [0.3, 0.4) is 0 Å². The maximum Gasteiger partial charge on any atom is 0.169 e. The molecule has 0 aliphatic carbocycles. The molecule has 3 heterocycles. The SMILES string of the molecule is C1=C(c2cc(C3N=C(c4ccc5ccccc5c4)NC(c4ccc5ccccc5c4)=N3)cc3ccccc23)c2c(oc3ccccc23)CN1. The molecule has 0 saturated carbocycles. The Hall–Kier alpha value is -6.46. The normalized spacial score (nSPS) is 14.7. The Labute approximate surface area is 283 Å². The molecule has 0 bridgehead atoms. The highest BCUT2D eigenvalue weighted by molar-refractivity contribution is 6.17. The number of nitrogens with one attached hydrogen (secondary N) is 2. The zero-order valence-electron chi connectivity index (χ0n) is 26.5. The lowest BCUT2D eigenvalue weighted by atomic mass is 9.89. The van der Waals surface area contributed by atoms with Crippen LogP contribution in [0.4, 0.5) is 0 Å². The number of aliphatic imine (C=N–C) groups is 2. The van der Waals surface area contributed by atoms with Crippen LogP contribution in [0.15, 0.2) is 166 Å². The molecule has 0 fully saturated rings. The smallest absolute Gasteiger partial charge is 0.169 e. The zero-order chi connectivity index (χ0) is 32.3. The molecule has 5 heteroatoms. The number of furan rings is 1. The molecule has 5 nitrogen and oxygen atoms in total. The lowest BCUT2D eigenvalue weighted by molar-refractivity contribution is 0.531. The lowest BCUT2D eigenvalue weighted by Crippen LogP contribution is -2.36. The maximum atomic E-state index is 6.33. The fourth-order valence-electron chi connectivity index (χ4n) is 7.32. The highest BCUT2D eigenvalue weighted by Gasteiger charge is 2.26. The van der Waals surface area contributed by atoms with E-state index in [0.717, 1.165) is 67.2 Å². The largest absolute Gasteiger partial charge is 0.459 e. The summed E-state index contributed by atoms with van der Waals surface area (Å²) in [6.07, 6.45) is 1.66. The molecule has 0 atom stereocenters. The third-order valence-electron chi connectivity index (χ3n) is 9.70. The molecule has 7 aromatic carbocycles. The van der Waals surface area contributed by atoms with Crippen LogP contribution in [0.5, 0.6) is 0 Å². The summed E-state index contributed by atoms with van der Waals surface area (Å²) in [5.41, 5.74) is 7.33. The number of hydrogen-bond acceptors (Lipinski definition) is 5. The minimum atomic E-state index is -0.467. The van der Waals surface area contributed by atoms with Crippen molar-refractivity contribution in [3.63, 3.8) is 0 Å². The van der Waals surface area contributed by atoms with Crippen LogP contribution in [0.25, 0.3) is 48.9 Å². The number of para-hydroxylation sites is 1. The standard InChI is InChI=1S/C44H30N4O/c1-3-11-29-21-32(19-17-27(29)9-1)42-46-43(33-20-18-28-10-2-4-12-30(28)22-33)48-44(47-42)34-23-31-13-5-6-14-35(31)37(24-34)38-25-45-26-40-41(38)36-15-7-8-16-39(36)49-40/h1-25,44-45H,26H2,(H,46,47,48). The molecule has 2 N–H and O–H groups in total. The zero-order valence-corrected chi connectivity index (χ0v) is 26.5. The van der Waals surface area contributed by atoms with Gasteiger partial charge in [-0.25, -0.2) is 9.98 Å². The van der Waals surface area contributed by atoms with Crippen LogP contribution < -0.4 is 10.6 Å². The predicted octanol–water partition coefficient (Wildman–Crippen LogP) is 9.88. The van der Waals surface area contributed by atoms with Crippen LogP contribution in [-0.2, 0) is 6.54 Å². The van der Waals surface area contributed by atoms with Gasteiger partial charge in [-0.2, -0.15) is 0 Å². The van der Waals surface area contributed by atoms with Gasteiger partial charge in [-0.3, -0.25) is 0 Å². The molecular weight excluding hydrogens is 601 g/mol. The molecule has 0 unspecified atom stereocenters. The third-order valence-corrected chi connectivity index (χ3v) is 9.70. The quantitative estimate of drug-likeness (QED) is 0.204.